The summed E-state index contributed by atoms with van der Waals surface area (Å²) >= 11 is 0. The van der Waals surface area contributed by atoms with Crippen molar-refractivity contribution in [2.75, 3.05) is 13.1 Å². The van der Waals surface area contributed by atoms with Crippen molar-refractivity contribution in [3.63, 3.8) is 0 Å². The highest BCUT2D eigenvalue weighted by Gasteiger charge is 2.00. The van der Waals surface area contributed by atoms with Crippen molar-refractivity contribution in [2.45, 2.75) is 27.3 Å². The van der Waals surface area contributed by atoms with E-state index in [1.807, 2.05) is 0 Å². The lowest BCUT2D eigenvalue weighted by Crippen LogP contribution is -2.22. The smallest absolute Gasteiger partial charge is 0.0241 e. The van der Waals surface area contributed by atoms with Gasteiger partial charge in [0.05, 0.1) is 0 Å². The number of benzene rings is 1. The van der Waals surface area contributed by atoms with Crippen LogP contribution in [0.5, 0.6) is 0 Å². The van der Waals surface area contributed by atoms with Gasteiger partial charge in [0.2, 0.25) is 0 Å². The first-order chi connectivity index (χ1) is 7.72. The summed E-state index contributed by atoms with van der Waals surface area (Å²) in [5.74, 6) is 0. The van der Waals surface area contributed by atoms with Crippen LogP contribution in [-0.2, 0) is 6.54 Å². The van der Waals surface area contributed by atoms with Crippen molar-refractivity contribution >= 4 is 0 Å². The van der Waals surface area contributed by atoms with Gasteiger partial charge in [0, 0.05) is 13.1 Å². The maximum atomic E-state index is 3.25. The summed E-state index contributed by atoms with van der Waals surface area (Å²) in [6.45, 7) is 9.39. The van der Waals surface area contributed by atoms with E-state index >= 15 is 0 Å². The van der Waals surface area contributed by atoms with Crippen LogP contribution in [0.15, 0.2) is 47.7 Å². The first kappa shape index (κ1) is 12.8. The third-order valence-corrected chi connectivity index (χ3v) is 2.44. The van der Waals surface area contributed by atoms with Gasteiger partial charge >= 0.3 is 0 Å². The maximum Gasteiger partial charge on any atom is 0.0241 e. The molecule has 0 aliphatic rings. The van der Waals surface area contributed by atoms with Gasteiger partial charge in [0.15, 0.2) is 0 Å². The molecule has 0 spiro atoms. The van der Waals surface area contributed by atoms with Crippen LogP contribution in [0, 0.1) is 0 Å². The Kier molecular flexibility index (Phi) is 5.63. The zero-order chi connectivity index (χ0) is 11.8. The Morgan fingerprint density at radius 1 is 1.25 bits per heavy atom. The van der Waals surface area contributed by atoms with Crippen LogP contribution in [0.1, 0.15) is 26.3 Å². The Bertz CT molecular complexity index is 354. The van der Waals surface area contributed by atoms with Gasteiger partial charge in [-0.3, -0.25) is 4.90 Å². The molecule has 0 bridgehead atoms. The number of rotatable bonds is 5. The fraction of sp³-hybridized carbons (Fsp3) is 0.400. The SMILES string of the molecule is CCN(CC=C=C(C)C)Cc1ccccc1. The molecule has 0 aliphatic carbocycles. The van der Waals surface area contributed by atoms with Gasteiger partial charge in [-0.2, -0.15) is 0 Å². The Hall–Kier alpha value is -1.30. The highest BCUT2D eigenvalue weighted by atomic mass is 15.1. The standard InChI is InChI=1S/C15H21N/c1-4-16(12-8-9-14(2)3)13-15-10-6-5-7-11-15/h5-8,10-11H,4,12-13H2,1-3H3. The van der Waals surface area contributed by atoms with Crippen LogP contribution in [-0.4, -0.2) is 18.0 Å². The number of hydrogen-bond donors (Lipinski definition) is 0. The van der Waals surface area contributed by atoms with Crippen molar-refractivity contribution in [2.24, 2.45) is 0 Å². The highest BCUT2D eigenvalue weighted by molar-refractivity contribution is 5.14. The molecule has 0 saturated carbocycles. The molecule has 0 atom stereocenters. The Labute approximate surface area is 99.1 Å². The molecular formula is C15H21N. The Morgan fingerprint density at radius 2 is 1.94 bits per heavy atom. The molecule has 0 fully saturated rings. The molecule has 0 N–H and O–H groups in total. The minimum atomic E-state index is 0.969. The summed E-state index contributed by atoms with van der Waals surface area (Å²) in [5.41, 5.74) is 5.85. The van der Waals surface area contributed by atoms with Crippen LogP contribution in [0.25, 0.3) is 0 Å². The molecule has 16 heavy (non-hydrogen) atoms. The molecule has 1 nitrogen and oxygen atoms in total. The van der Waals surface area contributed by atoms with Crippen molar-refractivity contribution in [1.29, 1.82) is 0 Å². The minimum absolute atomic E-state index is 0.969. The Balaban J connectivity index is 2.53. The topological polar surface area (TPSA) is 3.24 Å². The molecule has 0 unspecified atom stereocenters. The van der Waals surface area contributed by atoms with E-state index in [0.29, 0.717) is 0 Å². The van der Waals surface area contributed by atoms with Crippen LogP contribution >= 0.6 is 0 Å². The summed E-state index contributed by atoms with van der Waals surface area (Å²) in [5, 5.41) is 0. The van der Waals surface area contributed by atoms with Crippen molar-refractivity contribution in [1.82, 2.24) is 4.90 Å². The number of likely N-dealkylation sites (N-methyl/N-ethyl adjacent to an activating group) is 1. The van der Waals surface area contributed by atoms with E-state index in [1.54, 1.807) is 0 Å². The highest BCUT2D eigenvalue weighted by Crippen LogP contribution is 2.03. The van der Waals surface area contributed by atoms with Crippen LogP contribution in [0.3, 0.4) is 0 Å². The normalized spacial score (nSPS) is 10.0. The molecule has 0 saturated heterocycles. The van der Waals surface area contributed by atoms with Gasteiger partial charge in [0.25, 0.3) is 0 Å². The summed E-state index contributed by atoms with van der Waals surface area (Å²) in [6.07, 6.45) is 2.11. The van der Waals surface area contributed by atoms with E-state index in [4.69, 9.17) is 0 Å². The summed E-state index contributed by atoms with van der Waals surface area (Å²) in [6, 6.07) is 10.6. The van der Waals surface area contributed by atoms with Crippen LogP contribution in [0.2, 0.25) is 0 Å². The molecule has 0 aliphatic heterocycles. The zero-order valence-electron chi connectivity index (χ0n) is 10.5. The predicted octanol–water partition coefficient (Wildman–Crippen LogP) is 3.63. The number of hydrogen-bond acceptors (Lipinski definition) is 1. The van der Waals surface area contributed by atoms with Crippen molar-refractivity contribution < 1.29 is 0 Å². The van der Waals surface area contributed by atoms with E-state index in [1.165, 1.54) is 11.1 Å². The third-order valence-electron chi connectivity index (χ3n) is 2.44. The molecular weight excluding hydrogens is 194 g/mol. The second-order valence-electron chi connectivity index (χ2n) is 4.16. The van der Waals surface area contributed by atoms with Gasteiger partial charge in [-0.15, -0.1) is 5.73 Å². The van der Waals surface area contributed by atoms with Gasteiger partial charge in [-0.25, -0.2) is 0 Å². The molecule has 1 aromatic rings. The van der Waals surface area contributed by atoms with Gasteiger partial charge in [-0.05, 0) is 37.6 Å². The van der Waals surface area contributed by atoms with Gasteiger partial charge < -0.3 is 0 Å². The summed E-state index contributed by atoms with van der Waals surface area (Å²) in [7, 11) is 0. The largest absolute Gasteiger partial charge is 0.295 e. The van der Waals surface area contributed by atoms with Crippen molar-refractivity contribution in [3.8, 4) is 0 Å². The van der Waals surface area contributed by atoms with E-state index in [-0.39, 0.29) is 0 Å². The zero-order valence-corrected chi connectivity index (χ0v) is 10.5. The lowest BCUT2D eigenvalue weighted by molar-refractivity contribution is 0.311. The molecule has 86 valence electrons. The molecule has 0 heterocycles. The molecule has 0 amide bonds. The molecule has 0 aromatic heterocycles. The van der Waals surface area contributed by atoms with Crippen molar-refractivity contribution in [3.05, 3.63) is 53.3 Å². The fourth-order valence-corrected chi connectivity index (χ4v) is 1.53. The average molecular weight is 215 g/mol. The van der Waals surface area contributed by atoms with E-state index in [0.717, 1.165) is 19.6 Å². The van der Waals surface area contributed by atoms with E-state index in [9.17, 15) is 0 Å². The summed E-state index contributed by atoms with van der Waals surface area (Å²) < 4.78 is 0. The van der Waals surface area contributed by atoms with Gasteiger partial charge in [-0.1, -0.05) is 37.3 Å². The number of nitrogens with zero attached hydrogens (tertiary/aromatic N) is 1. The third kappa shape index (κ3) is 4.97. The monoisotopic (exact) mass is 215 g/mol. The average Bonchev–Trinajstić information content (AvgIpc) is 2.28. The second kappa shape index (κ2) is 7.05. The molecule has 1 heteroatoms. The molecule has 0 radical (unpaired) electrons. The minimum Gasteiger partial charge on any atom is -0.295 e. The van der Waals surface area contributed by atoms with E-state index < -0.39 is 0 Å². The predicted molar refractivity (Wildman–Crippen MR) is 70.3 cm³/mol. The fourth-order valence-electron chi connectivity index (χ4n) is 1.53. The van der Waals surface area contributed by atoms with Crippen LogP contribution in [0.4, 0.5) is 0 Å². The Morgan fingerprint density at radius 3 is 2.50 bits per heavy atom. The summed E-state index contributed by atoms with van der Waals surface area (Å²) in [4.78, 5) is 2.39. The molecule has 1 rings (SSSR count). The molecule has 1 aromatic carbocycles. The first-order valence-electron chi connectivity index (χ1n) is 5.87. The second-order valence-corrected chi connectivity index (χ2v) is 4.16. The maximum absolute atomic E-state index is 3.25. The lowest BCUT2D eigenvalue weighted by Gasteiger charge is -2.17. The lowest BCUT2D eigenvalue weighted by atomic mass is 10.2. The van der Waals surface area contributed by atoms with Crippen LogP contribution < -0.4 is 0 Å². The van der Waals surface area contributed by atoms with E-state index in [2.05, 4.69) is 67.8 Å². The van der Waals surface area contributed by atoms with Gasteiger partial charge in [0.1, 0.15) is 0 Å². The first-order valence-corrected chi connectivity index (χ1v) is 5.87. The quantitative estimate of drug-likeness (QED) is 0.678.